The van der Waals surface area contributed by atoms with Gasteiger partial charge in [-0.1, -0.05) is 36.4 Å². The van der Waals surface area contributed by atoms with Gasteiger partial charge in [0.2, 0.25) is 5.91 Å². The van der Waals surface area contributed by atoms with Crippen molar-refractivity contribution >= 4 is 39.1 Å². The third-order valence-corrected chi connectivity index (χ3v) is 6.51. The zero-order valence-electron chi connectivity index (χ0n) is 16.9. The Labute approximate surface area is 184 Å². The first-order chi connectivity index (χ1) is 15.2. The van der Waals surface area contributed by atoms with Crippen LogP contribution >= 0.6 is 11.3 Å². The highest BCUT2D eigenvalue weighted by atomic mass is 32.1. The number of benzene rings is 3. The molecule has 1 aromatic heterocycles. The molecule has 4 aromatic rings. The summed E-state index contributed by atoms with van der Waals surface area (Å²) in [4.78, 5) is 31.1. The number of thiazole rings is 1. The second-order valence-corrected chi connectivity index (χ2v) is 8.67. The molecule has 0 bridgehead atoms. The first-order valence-corrected chi connectivity index (χ1v) is 11.1. The van der Waals surface area contributed by atoms with Crippen LogP contribution < -0.4 is 5.32 Å². The second-order valence-electron chi connectivity index (χ2n) is 7.64. The lowest BCUT2D eigenvalue weighted by atomic mass is 10.1. The van der Waals surface area contributed by atoms with Crippen LogP contribution in [0.3, 0.4) is 0 Å². The van der Waals surface area contributed by atoms with Crippen molar-refractivity contribution in [3.05, 3.63) is 83.9 Å². The van der Waals surface area contributed by atoms with Crippen molar-refractivity contribution in [2.24, 2.45) is 0 Å². The van der Waals surface area contributed by atoms with E-state index in [0.717, 1.165) is 45.0 Å². The maximum atomic E-state index is 12.7. The number of fused-ring (bicyclic) bond motifs is 1. The van der Waals surface area contributed by atoms with E-state index < -0.39 is 0 Å². The molecule has 1 fully saturated rings. The van der Waals surface area contributed by atoms with E-state index in [-0.39, 0.29) is 11.8 Å². The van der Waals surface area contributed by atoms with E-state index in [2.05, 4.69) is 11.4 Å². The average molecular weight is 428 g/mol. The van der Waals surface area contributed by atoms with Gasteiger partial charge in [0.1, 0.15) is 5.01 Å². The molecule has 1 saturated heterocycles. The lowest BCUT2D eigenvalue weighted by molar-refractivity contribution is -0.128. The van der Waals surface area contributed by atoms with Gasteiger partial charge in [-0.05, 0) is 48.4 Å². The smallest absolute Gasteiger partial charge is 0.255 e. The SMILES string of the molecule is O=C(Nc1cccc(-c2nc3ccccc3s2)c1)c1ccc(CN2CCCC2=O)cc1. The number of carbonyl (C=O) groups is 2. The number of likely N-dealkylation sites (tertiary alicyclic amines) is 1. The summed E-state index contributed by atoms with van der Waals surface area (Å²) >= 11 is 1.64. The predicted molar refractivity (Wildman–Crippen MR) is 124 cm³/mol. The molecule has 1 aliphatic rings. The van der Waals surface area contributed by atoms with Crippen LogP contribution in [0.15, 0.2) is 72.8 Å². The first-order valence-electron chi connectivity index (χ1n) is 10.3. The number of hydrogen-bond donors (Lipinski definition) is 1. The minimum absolute atomic E-state index is 0.162. The van der Waals surface area contributed by atoms with Gasteiger partial charge in [-0.15, -0.1) is 11.3 Å². The van der Waals surface area contributed by atoms with Crippen LogP contribution in [0.25, 0.3) is 20.8 Å². The third-order valence-electron chi connectivity index (χ3n) is 5.42. The molecule has 5 rings (SSSR count). The fraction of sp³-hybridized carbons (Fsp3) is 0.160. The van der Waals surface area contributed by atoms with E-state index in [9.17, 15) is 9.59 Å². The molecule has 2 amide bonds. The molecule has 5 nitrogen and oxygen atoms in total. The highest BCUT2D eigenvalue weighted by Crippen LogP contribution is 2.31. The van der Waals surface area contributed by atoms with Crippen molar-refractivity contribution in [2.75, 3.05) is 11.9 Å². The summed E-state index contributed by atoms with van der Waals surface area (Å²) in [5, 5.41) is 3.90. The van der Waals surface area contributed by atoms with E-state index in [1.165, 1.54) is 0 Å². The topological polar surface area (TPSA) is 62.3 Å². The lowest BCUT2D eigenvalue weighted by Gasteiger charge is -2.15. The van der Waals surface area contributed by atoms with E-state index in [1.807, 2.05) is 71.6 Å². The minimum atomic E-state index is -0.162. The molecule has 0 aliphatic carbocycles. The molecule has 1 N–H and O–H groups in total. The zero-order chi connectivity index (χ0) is 21.2. The van der Waals surface area contributed by atoms with Crippen molar-refractivity contribution in [2.45, 2.75) is 19.4 Å². The number of amides is 2. The Morgan fingerprint density at radius 2 is 1.87 bits per heavy atom. The van der Waals surface area contributed by atoms with Crippen molar-refractivity contribution in [1.82, 2.24) is 9.88 Å². The lowest BCUT2D eigenvalue weighted by Crippen LogP contribution is -2.23. The van der Waals surface area contributed by atoms with E-state index >= 15 is 0 Å². The molecule has 2 heterocycles. The van der Waals surface area contributed by atoms with Gasteiger partial charge < -0.3 is 10.2 Å². The third kappa shape index (κ3) is 4.20. The normalized spacial score (nSPS) is 13.7. The van der Waals surface area contributed by atoms with Crippen molar-refractivity contribution < 1.29 is 9.59 Å². The van der Waals surface area contributed by atoms with Gasteiger partial charge >= 0.3 is 0 Å². The van der Waals surface area contributed by atoms with Gasteiger partial charge in [-0.2, -0.15) is 0 Å². The average Bonchev–Trinajstić information content (AvgIpc) is 3.40. The predicted octanol–water partition coefficient (Wildman–Crippen LogP) is 5.34. The fourth-order valence-corrected chi connectivity index (χ4v) is 4.74. The van der Waals surface area contributed by atoms with Crippen LogP contribution in [0.1, 0.15) is 28.8 Å². The Morgan fingerprint density at radius 1 is 1.03 bits per heavy atom. The number of rotatable bonds is 5. The number of anilines is 1. The molecule has 0 radical (unpaired) electrons. The maximum absolute atomic E-state index is 12.7. The van der Waals surface area contributed by atoms with Crippen LogP contribution in [0.2, 0.25) is 0 Å². The van der Waals surface area contributed by atoms with Crippen LogP contribution in [0.4, 0.5) is 5.69 Å². The first kappa shape index (κ1) is 19.5. The molecule has 0 spiro atoms. The molecular formula is C25H21N3O2S. The van der Waals surface area contributed by atoms with Crippen molar-refractivity contribution in [3.63, 3.8) is 0 Å². The Bertz CT molecular complexity index is 1230. The van der Waals surface area contributed by atoms with Crippen LogP contribution in [0.5, 0.6) is 0 Å². The number of nitrogens with zero attached hydrogens (tertiary/aromatic N) is 2. The molecule has 3 aromatic carbocycles. The van der Waals surface area contributed by atoms with Gasteiger partial charge in [0.25, 0.3) is 5.91 Å². The summed E-state index contributed by atoms with van der Waals surface area (Å²) < 4.78 is 1.14. The van der Waals surface area contributed by atoms with Gasteiger partial charge in [0.15, 0.2) is 0 Å². The second kappa shape index (κ2) is 8.32. The Kier molecular flexibility index (Phi) is 5.22. The summed E-state index contributed by atoms with van der Waals surface area (Å²) in [5.74, 6) is 0.0417. The summed E-state index contributed by atoms with van der Waals surface area (Å²) in [6, 6.07) is 23.3. The zero-order valence-corrected chi connectivity index (χ0v) is 17.7. The van der Waals surface area contributed by atoms with Gasteiger partial charge in [-0.25, -0.2) is 4.98 Å². The highest BCUT2D eigenvalue weighted by molar-refractivity contribution is 7.21. The Morgan fingerprint density at radius 3 is 2.65 bits per heavy atom. The molecule has 31 heavy (non-hydrogen) atoms. The standard InChI is InChI=1S/C25H21N3O2S/c29-23-9-4-14-28(23)16-17-10-12-18(13-11-17)24(30)26-20-6-3-5-19(15-20)25-27-21-7-1-2-8-22(21)31-25/h1-3,5-8,10-13,15H,4,9,14,16H2,(H,26,30). The summed E-state index contributed by atoms with van der Waals surface area (Å²) in [6.45, 7) is 1.41. The van der Waals surface area contributed by atoms with E-state index in [0.29, 0.717) is 18.5 Å². The maximum Gasteiger partial charge on any atom is 0.255 e. The fourth-order valence-electron chi connectivity index (χ4n) is 3.78. The monoisotopic (exact) mass is 427 g/mol. The van der Waals surface area contributed by atoms with Gasteiger partial charge in [0, 0.05) is 36.3 Å². The van der Waals surface area contributed by atoms with E-state index in [1.54, 1.807) is 11.3 Å². The van der Waals surface area contributed by atoms with Crippen LogP contribution in [-0.4, -0.2) is 28.2 Å². The van der Waals surface area contributed by atoms with Gasteiger partial charge in [-0.3, -0.25) is 9.59 Å². The number of nitrogens with one attached hydrogen (secondary N) is 1. The summed E-state index contributed by atoms with van der Waals surface area (Å²) in [7, 11) is 0. The van der Waals surface area contributed by atoms with Crippen molar-refractivity contribution in [1.29, 1.82) is 0 Å². The Hall–Kier alpha value is -3.51. The quantitative estimate of drug-likeness (QED) is 0.468. The molecule has 0 saturated carbocycles. The van der Waals surface area contributed by atoms with Crippen LogP contribution in [0, 0.1) is 0 Å². The molecule has 0 unspecified atom stereocenters. The molecule has 1 aliphatic heterocycles. The number of aromatic nitrogens is 1. The molecule has 154 valence electrons. The van der Waals surface area contributed by atoms with Crippen molar-refractivity contribution in [3.8, 4) is 10.6 Å². The summed E-state index contributed by atoms with van der Waals surface area (Å²) in [6.07, 6.45) is 1.56. The number of carbonyl (C=O) groups excluding carboxylic acids is 2. The van der Waals surface area contributed by atoms with Gasteiger partial charge in [0.05, 0.1) is 10.2 Å². The van der Waals surface area contributed by atoms with Crippen LogP contribution in [-0.2, 0) is 11.3 Å². The number of hydrogen-bond acceptors (Lipinski definition) is 4. The molecule has 6 heteroatoms. The molecule has 0 atom stereocenters. The largest absolute Gasteiger partial charge is 0.338 e. The highest BCUT2D eigenvalue weighted by Gasteiger charge is 2.20. The van der Waals surface area contributed by atoms with E-state index in [4.69, 9.17) is 4.98 Å². The number of para-hydroxylation sites is 1. The molecular weight excluding hydrogens is 406 g/mol. The summed E-state index contributed by atoms with van der Waals surface area (Å²) in [5.41, 5.74) is 4.30. The minimum Gasteiger partial charge on any atom is -0.338 e. The Balaban J connectivity index is 1.29.